The number of aromatic nitrogens is 2. The Kier molecular flexibility index (Phi) is 3.40. The minimum atomic E-state index is -0.142. The van der Waals surface area contributed by atoms with Gasteiger partial charge in [0.1, 0.15) is 0 Å². The van der Waals surface area contributed by atoms with Crippen LogP contribution in [0, 0.1) is 0 Å². The topological polar surface area (TPSA) is 61.3 Å². The SMILES string of the molecule is COc1cnc(C(=O)c2cc3c(s2)CCC3)c(OC)n1. The normalized spacial score (nSPS) is 13.1. The molecule has 1 aliphatic rings. The summed E-state index contributed by atoms with van der Waals surface area (Å²) in [6, 6.07) is 1.97. The van der Waals surface area contributed by atoms with Gasteiger partial charge in [0.15, 0.2) is 5.69 Å². The molecule has 104 valence electrons. The van der Waals surface area contributed by atoms with Crippen LogP contribution in [0.1, 0.15) is 32.2 Å². The van der Waals surface area contributed by atoms with E-state index in [1.165, 1.54) is 37.3 Å². The van der Waals surface area contributed by atoms with Gasteiger partial charge in [-0.3, -0.25) is 4.79 Å². The predicted octanol–water partition coefficient (Wildman–Crippen LogP) is 2.28. The highest BCUT2D eigenvalue weighted by molar-refractivity contribution is 7.14. The zero-order valence-electron chi connectivity index (χ0n) is 11.3. The maximum absolute atomic E-state index is 12.5. The van der Waals surface area contributed by atoms with E-state index in [4.69, 9.17) is 9.47 Å². The van der Waals surface area contributed by atoms with Gasteiger partial charge in [-0.15, -0.1) is 11.3 Å². The number of ether oxygens (including phenoxy) is 2. The summed E-state index contributed by atoms with van der Waals surface area (Å²) < 4.78 is 10.1. The second-order valence-electron chi connectivity index (χ2n) is 4.51. The molecule has 5 nitrogen and oxygen atoms in total. The molecule has 0 saturated heterocycles. The van der Waals surface area contributed by atoms with Gasteiger partial charge < -0.3 is 9.47 Å². The van der Waals surface area contributed by atoms with Crippen molar-refractivity contribution in [3.63, 3.8) is 0 Å². The first-order valence-electron chi connectivity index (χ1n) is 6.34. The summed E-state index contributed by atoms with van der Waals surface area (Å²) >= 11 is 1.55. The van der Waals surface area contributed by atoms with Crippen molar-refractivity contribution in [2.45, 2.75) is 19.3 Å². The monoisotopic (exact) mass is 290 g/mol. The van der Waals surface area contributed by atoms with Crippen LogP contribution in [-0.2, 0) is 12.8 Å². The van der Waals surface area contributed by atoms with Crippen LogP contribution < -0.4 is 9.47 Å². The molecule has 0 aromatic carbocycles. The number of thiophene rings is 1. The smallest absolute Gasteiger partial charge is 0.247 e. The summed E-state index contributed by atoms with van der Waals surface area (Å²) in [6.45, 7) is 0. The van der Waals surface area contributed by atoms with Crippen LogP contribution in [0.25, 0.3) is 0 Å². The molecule has 0 fully saturated rings. The van der Waals surface area contributed by atoms with E-state index in [9.17, 15) is 4.79 Å². The fourth-order valence-corrected chi connectivity index (χ4v) is 3.51. The highest BCUT2D eigenvalue weighted by atomic mass is 32.1. The number of nitrogens with zero attached hydrogens (tertiary/aromatic N) is 2. The lowest BCUT2D eigenvalue weighted by Crippen LogP contribution is -2.07. The lowest BCUT2D eigenvalue weighted by Gasteiger charge is -2.06. The molecule has 0 unspecified atom stereocenters. The fraction of sp³-hybridized carbons (Fsp3) is 0.357. The maximum Gasteiger partial charge on any atom is 0.247 e. The molecule has 0 amide bonds. The Balaban J connectivity index is 1.97. The first kappa shape index (κ1) is 13.1. The summed E-state index contributed by atoms with van der Waals surface area (Å²) in [5, 5.41) is 0. The molecule has 2 aromatic heterocycles. The Hall–Kier alpha value is -1.95. The Labute approximate surface area is 120 Å². The second-order valence-corrected chi connectivity index (χ2v) is 5.65. The molecule has 0 bridgehead atoms. The van der Waals surface area contributed by atoms with E-state index in [-0.39, 0.29) is 17.4 Å². The van der Waals surface area contributed by atoms with Gasteiger partial charge in [0.05, 0.1) is 25.3 Å². The summed E-state index contributed by atoms with van der Waals surface area (Å²) in [4.78, 5) is 22.8. The minimum Gasteiger partial charge on any atom is -0.480 e. The second kappa shape index (κ2) is 5.20. The summed E-state index contributed by atoms with van der Waals surface area (Å²) in [6.07, 6.45) is 4.74. The third-order valence-electron chi connectivity index (χ3n) is 3.31. The van der Waals surface area contributed by atoms with Gasteiger partial charge in [-0.05, 0) is 30.9 Å². The van der Waals surface area contributed by atoms with Crippen molar-refractivity contribution < 1.29 is 14.3 Å². The van der Waals surface area contributed by atoms with E-state index in [0.717, 1.165) is 12.8 Å². The van der Waals surface area contributed by atoms with Crippen LogP contribution >= 0.6 is 11.3 Å². The van der Waals surface area contributed by atoms with Crippen LogP contribution in [0.5, 0.6) is 11.8 Å². The van der Waals surface area contributed by atoms with Crippen molar-refractivity contribution in [2.24, 2.45) is 0 Å². The average Bonchev–Trinajstić information content (AvgIpc) is 3.07. The molecule has 1 aliphatic carbocycles. The number of rotatable bonds is 4. The third kappa shape index (κ3) is 2.16. The van der Waals surface area contributed by atoms with E-state index >= 15 is 0 Å². The number of hydrogen-bond donors (Lipinski definition) is 0. The van der Waals surface area contributed by atoms with E-state index in [0.29, 0.717) is 10.8 Å². The number of fused-ring (bicyclic) bond motifs is 1. The van der Waals surface area contributed by atoms with E-state index in [1.54, 1.807) is 11.3 Å². The summed E-state index contributed by atoms with van der Waals surface area (Å²) in [5.74, 6) is 0.381. The number of carbonyl (C=O) groups is 1. The number of ketones is 1. The van der Waals surface area contributed by atoms with E-state index in [1.807, 2.05) is 6.07 Å². The molecule has 0 spiro atoms. The van der Waals surface area contributed by atoms with Crippen LogP contribution in [0.3, 0.4) is 0 Å². The third-order valence-corrected chi connectivity index (χ3v) is 4.54. The quantitative estimate of drug-likeness (QED) is 0.808. The largest absolute Gasteiger partial charge is 0.480 e. The summed E-state index contributed by atoms with van der Waals surface area (Å²) in [5.41, 5.74) is 1.52. The molecule has 0 saturated carbocycles. The molecular formula is C14H14N2O3S. The van der Waals surface area contributed by atoms with Gasteiger partial charge in [-0.2, -0.15) is 4.98 Å². The van der Waals surface area contributed by atoms with E-state index < -0.39 is 0 Å². The predicted molar refractivity (Wildman–Crippen MR) is 74.9 cm³/mol. The number of aryl methyl sites for hydroxylation is 2. The van der Waals surface area contributed by atoms with Crippen LogP contribution in [0.4, 0.5) is 0 Å². The Bertz CT molecular complexity index is 645. The van der Waals surface area contributed by atoms with Crippen molar-refractivity contribution in [1.29, 1.82) is 0 Å². The lowest BCUT2D eigenvalue weighted by molar-refractivity contribution is 0.103. The van der Waals surface area contributed by atoms with Gasteiger partial charge in [-0.1, -0.05) is 0 Å². The minimum absolute atomic E-state index is 0.142. The van der Waals surface area contributed by atoms with Crippen molar-refractivity contribution in [2.75, 3.05) is 14.2 Å². The van der Waals surface area contributed by atoms with Crippen LogP contribution in [-0.4, -0.2) is 30.0 Å². The molecule has 2 aromatic rings. The van der Waals surface area contributed by atoms with Crippen LogP contribution in [0.15, 0.2) is 12.3 Å². The fourth-order valence-electron chi connectivity index (χ4n) is 2.31. The molecule has 0 N–H and O–H groups in total. The van der Waals surface area contributed by atoms with Crippen molar-refractivity contribution in [1.82, 2.24) is 9.97 Å². The average molecular weight is 290 g/mol. The van der Waals surface area contributed by atoms with E-state index in [2.05, 4.69) is 9.97 Å². The Morgan fingerprint density at radius 2 is 2.15 bits per heavy atom. The first-order chi connectivity index (χ1) is 9.72. The Morgan fingerprint density at radius 1 is 1.30 bits per heavy atom. The van der Waals surface area contributed by atoms with Crippen molar-refractivity contribution >= 4 is 17.1 Å². The summed E-state index contributed by atoms with van der Waals surface area (Å²) in [7, 11) is 2.96. The van der Waals surface area contributed by atoms with Gasteiger partial charge in [-0.25, -0.2) is 4.98 Å². The van der Waals surface area contributed by atoms with Gasteiger partial charge in [0.25, 0.3) is 0 Å². The molecule has 6 heteroatoms. The Morgan fingerprint density at radius 3 is 2.85 bits per heavy atom. The molecule has 3 rings (SSSR count). The molecule has 0 aliphatic heterocycles. The number of carbonyl (C=O) groups excluding carboxylic acids is 1. The molecule has 0 radical (unpaired) electrons. The maximum atomic E-state index is 12.5. The highest BCUT2D eigenvalue weighted by Crippen LogP contribution is 2.32. The first-order valence-corrected chi connectivity index (χ1v) is 7.16. The standard InChI is InChI=1S/C14H14N2O3S/c1-18-11-7-15-12(14(16-11)19-2)13(17)10-6-8-4-3-5-9(8)20-10/h6-7H,3-5H2,1-2H3. The molecular weight excluding hydrogens is 276 g/mol. The van der Waals surface area contributed by atoms with Gasteiger partial charge in [0.2, 0.25) is 17.5 Å². The molecule has 0 atom stereocenters. The van der Waals surface area contributed by atoms with Crippen molar-refractivity contribution in [3.8, 4) is 11.8 Å². The van der Waals surface area contributed by atoms with Gasteiger partial charge >= 0.3 is 0 Å². The number of methoxy groups -OCH3 is 2. The lowest BCUT2D eigenvalue weighted by atomic mass is 10.2. The van der Waals surface area contributed by atoms with Crippen molar-refractivity contribution in [3.05, 3.63) is 33.3 Å². The molecule has 2 heterocycles. The number of hydrogen-bond acceptors (Lipinski definition) is 6. The van der Waals surface area contributed by atoms with Gasteiger partial charge in [0, 0.05) is 4.88 Å². The van der Waals surface area contributed by atoms with Crippen LogP contribution in [0.2, 0.25) is 0 Å². The molecule has 20 heavy (non-hydrogen) atoms. The zero-order valence-corrected chi connectivity index (χ0v) is 12.1. The highest BCUT2D eigenvalue weighted by Gasteiger charge is 2.23. The zero-order chi connectivity index (χ0) is 14.1.